The quantitative estimate of drug-likeness (QED) is 0.490. The van der Waals surface area contributed by atoms with Crippen molar-refractivity contribution in [3.8, 4) is 11.5 Å². The summed E-state index contributed by atoms with van der Waals surface area (Å²) in [7, 11) is 0. The lowest BCUT2D eigenvalue weighted by molar-refractivity contribution is -0.137. The highest BCUT2D eigenvalue weighted by Crippen LogP contribution is 2.37. The third-order valence-electron chi connectivity index (χ3n) is 3.91. The highest BCUT2D eigenvalue weighted by atomic mass is 32.2. The number of hydrogen-bond donors (Lipinski definition) is 1. The summed E-state index contributed by atoms with van der Waals surface area (Å²) in [4.78, 5) is 25.3. The molecule has 1 heterocycles. The van der Waals surface area contributed by atoms with Crippen LogP contribution in [0.2, 0.25) is 0 Å². The van der Waals surface area contributed by atoms with Crippen molar-refractivity contribution in [3.05, 3.63) is 28.2 Å². The fourth-order valence-electron chi connectivity index (χ4n) is 2.68. The molecule has 0 aromatic heterocycles. The van der Waals surface area contributed by atoms with Crippen LogP contribution in [-0.4, -0.2) is 46.0 Å². The van der Waals surface area contributed by atoms with Crippen molar-refractivity contribution in [2.24, 2.45) is 0 Å². The molecule has 27 heavy (non-hydrogen) atoms. The molecule has 0 aliphatic carbocycles. The van der Waals surface area contributed by atoms with Crippen LogP contribution in [0.15, 0.2) is 17.0 Å². The van der Waals surface area contributed by atoms with Gasteiger partial charge in [-0.2, -0.15) is 0 Å². The second kappa shape index (κ2) is 9.75. The van der Waals surface area contributed by atoms with E-state index in [-0.39, 0.29) is 12.3 Å². The van der Waals surface area contributed by atoms with E-state index < -0.39 is 5.97 Å². The summed E-state index contributed by atoms with van der Waals surface area (Å²) in [5, 5.41) is 8.76. The topological polar surface area (TPSA) is 76.1 Å². The minimum Gasteiger partial charge on any atom is -0.493 e. The SMILES string of the molecule is CCOc1ccc(C=C2SC(=S)N(CCCC(=O)O)C2=O)c(OCC)c1C. The fraction of sp³-hybridized carbons (Fsp3) is 0.421. The van der Waals surface area contributed by atoms with E-state index in [9.17, 15) is 9.59 Å². The van der Waals surface area contributed by atoms with Gasteiger partial charge in [0.25, 0.3) is 5.91 Å². The molecule has 2 rings (SSSR count). The molecule has 0 saturated carbocycles. The predicted molar refractivity (Wildman–Crippen MR) is 110 cm³/mol. The number of carbonyl (C=O) groups is 2. The molecule has 8 heteroatoms. The van der Waals surface area contributed by atoms with Crippen molar-refractivity contribution in [2.45, 2.75) is 33.6 Å². The molecular formula is C19H23NO5S2. The Morgan fingerprint density at radius 1 is 1.30 bits per heavy atom. The Morgan fingerprint density at radius 2 is 2.00 bits per heavy atom. The van der Waals surface area contributed by atoms with E-state index in [1.54, 1.807) is 6.08 Å². The number of carbonyl (C=O) groups excluding carboxylic acids is 1. The smallest absolute Gasteiger partial charge is 0.303 e. The van der Waals surface area contributed by atoms with Gasteiger partial charge in [-0.05, 0) is 45.4 Å². The van der Waals surface area contributed by atoms with Crippen molar-refractivity contribution in [3.63, 3.8) is 0 Å². The van der Waals surface area contributed by atoms with Gasteiger partial charge in [0.2, 0.25) is 0 Å². The average Bonchev–Trinajstić information content (AvgIpc) is 2.87. The lowest BCUT2D eigenvalue weighted by atomic mass is 10.1. The Balaban J connectivity index is 2.27. The van der Waals surface area contributed by atoms with Gasteiger partial charge in [-0.15, -0.1) is 0 Å². The number of hydrogen-bond acceptors (Lipinski definition) is 6. The molecule has 1 aromatic carbocycles. The lowest BCUT2D eigenvalue weighted by Gasteiger charge is -2.15. The van der Waals surface area contributed by atoms with Gasteiger partial charge in [-0.25, -0.2) is 0 Å². The number of carboxylic acid groups (broad SMARTS) is 1. The minimum atomic E-state index is -0.887. The molecular weight excluding hydrogens is 386 g/mol. The van der Waals surface area contributed by atoms with Crippen LogP contribution in [0.25, 0.3) is 6.08 Å². The summed E-state index contributed by atoms with van der Waals surface area (Å²) in [5.74, 6) is 0.338. The number of ether oxygens (including phenoxy) is 2. The number of carboxylic acids is 1. The maximum absolute atomic E-state index is 12.7. The number of nitrogens with zero attached hydrogens (tertiary/aromatic N) is 1. The molecule has 1 aliphatic rings. The maximum atomic E-state index is 12.7. The van der Waals surface area contributed by atoms with Gasteiger partial charge in [-0.3, -0.25) is 14.5 Å². The summed E-state index contributed by atoms with van der Waals surface area (Å²) >= 11 is 6.50. The van der Waals surface area contributed by atoms with E-state index in [2.05, 4.69) is 0 Å². The van der Waals surface area contributed by atoms with E-state index >= 15 is 0 Å². The van der Waals surface area contributed by atoms with Gasteiger partial charge in [0.15, 0.2) is 0 Å². The van der Waals surface area contributed by atoms with Crippen LogP contribution in [0.4, 0.5) is 0 Å². The second-order valence-corrected chi connectivity index (χ2v) is 7.48. The standard InChI is InChI=1S/C19H23NO5S2/c1-4-24-14-9-8-13(17(12(14)3)25-5-2)11-15-18(23)20(19(26)27-15)10-6-7-16(21)22/h8-9,11H,4-7,10H2,1-3H3,(H,21,22). The molecule has 146 valence electrons. The number of amides is 1. The molecule has 1 saturated heterocycles. The summed E-state index contributed by atoms with van der Waals surface area (Å²) in [6.07, 6.45) is 2.13. The summed E-state index contributed by atoms with van der Waals surface area (Å²) in [6, 6.07) is 3.72. The average molecular weight is 410 g/mol. The first-order chi connectivity index (χ1) is 12.9. The van der Waals surface area contributed by atoms with Crippen molar-refractivity contribution in [1.82, 2.24) is 4.90 Å². The van der Waals surface area contributed by atoms with E-state index in [0.717, 1.165) is 16.9 Å². The molecule has 0 bridgehead atoms. The van der Waals surface area contributed by atoms with Gasteiger partial charge in [0, 0.05) is 24.1 Å². The number of thiocarbonyl (C=S) groups is 1. The van der Waals surface area contributed by atoms with E-state index in [4.69, 9.17) is 26.8 Å². The molecule has 1 amide bonds. The van der Waals surface area contributed by atoms with Crippen LogP contribution in [0.1, 0.15) is 37.8 Å². The minimum absolute atomic E-state index is 0.00266. The zero-order valence-electron chi connectivity index (χ0n) is 15.6. The fourth-order valence-corrected chi connectivity index (χ4v) is 3.98. The Morgan fingerprint density at radius 3 is 2.63 bits per heavy atom. The summed E-state index contributed by atoms with van der Waals surface area (Å²) in [6.45, 7) is 7.09. The molecule has 0 radical (unpaired) electrons. The van der Waals surface area contributed by atoms with Gasteiger partial charge in [-0.1, -0.05) is 24.0 Å². The zero-order valence-corrected chi connectivity index (χ0v) is 17.2. The summed E-state index contributed by atoms with van der Waals surface area (Å²) in [5.41, 5.74) is 1.66. The van der Waals surface area contributed by atoms with Crippen LogP contribution >= 0.6 is 24.0 Å². The third-order valence-corrected chi connectivity index (χ3v) is 5.29. The molecule has 0 spiro atoms. The van der Waals surface area contributed by atoms with Crippen LogP contribution in [0.5, 0.6) is 11.5 Å². The van der Waals surface area contributed by atoms with Gasteiger partial charge >= 0.3 is 5.97 Å². The first kappa shape index (κ1) is 21.2. The number of benzene rings is 1. The van der Waals surface area contributed by atoms with Crippen LogP contribution in [-0.2, 0) is 9.59 Å². The van der Waals surface area contributed by atoms with E-state index in [1.807, 2.05) is 32.9 Å². The molecule has 0 atom stereocenters. The zero-order chi connectivity index (χ0) is 20.0. The predicted octanol–water partition coefficient (Wildman–Crippen LogP) is 3.86. The van der Waals surface area contributed by atoms with Crippen molar-refractivity contribution in [1.29, 1.82) is 0 Å². The lowest BCUT2D eigenvalue weighted by Crippen LogP contribution is -2.29. The van der Waals surface area contributed by atoms with Gasteiger partial charge < -0.3 is 14.6 Å². The molecule has 6 nitrogen and oxygen atoms in total. The molecule has 1 aliphatic heterocycles. The molecule has 0 unspecified atom stereocenters. The maximum Gasteiger partial charge on any atom is 0.303 e. The Bertz CT molecular complexity index is 776. The number of aliphatic carboxylic acids is 1. The van der Waals surface area contributed by atoms with Crippen molar-refractivity contribution >= 4 is 46.3 Å². The van der Waals surface area contributed by atoms with Crippen LogP contribution < -0.4 is 9.47 Å². The summed E-state index contributed by atoms with van der Waals surface area (Å²) < 4.78 is 11.8. The molecule has 1 N–H and O–H groups in total. The molecule has 1 fully saturated rings. The number of rotatable bonds is 9. The Labute approximate surface area is 168 Å². The number of thioether (sulfide) groups is 1. The first-order valence-electron chi connectivity index (χ1n) is 8.75. The van der Waals surface area contributed by atoms with Gasteiger partial charge in [0.1, 0.15) is 15.8 Å². The Kier molecular flexibility index (Phi) is 7.67. The first-order valence-corrected chi connectivity index (χ1v) is 9.97. The van der Waals surface area contributed by atoms with Crippen molar-refractivity contribution < 1.29 is 24.2 Å². The van der Waals surface area contributed by atoms with Crippen LogP contribution in [0, 0.1) is 6.92 Å². The van der Waals surface area contributed by atoms with Crippen molar-refractivity contribution in [2.75, 3.05) is 19.8 Å². The monoisotopic (exact) mass is 409 g/mol. The largest absolute Gasteiger partial charge is 0.493 e. The third kappa shape index (κ3) is 5.23. The molecule has 1 aromatic rings. The van der Waals surface area contributed by atoms with E-state index in [1.165, 1.54) is 16.7 Å². The Hall–Kier alpha value is -2.06. The normalized spacial score (nSPS) is 15.5. The van der Waals surface area contributed by atoms with E-state index in [0.29, 0.717) is 41.2 Å². The highest BCUT2D eigenvalue weighted by Gasteiger charge is 2.32. The van der Waals surface area contributed by atoms with Crippen LogP contribution in [0.3, 0.4) is 0 Å². The highest BCUT2D eigenvalue weighted by molar-refractivity contribution is 8.26. The van der Waals surface area contributed by atoms with Gasteiger partial charge in [0.05, 0.1) is 18.1 Å². The second-order valence-electron chi connectivity index (χ2n) is 5.80.